The molecule has 0 saturated heterocycles. The maximum absolute atomic E-state index is 10.5. The lowest BCUT2D eigenvalue weighted by Gasteiger charge is -2.18. The van der Waals surface area contributed by atoms with Crippen LogP contribution in [-0.2, 0) is 6.54 Å². The molecule has 1 N–H and O–H groups in total. The van der Waals surface area contributed by atoms with Crippen molar-refractivity contribution in [3.63, 3.8) is 0 Å². The van der Waals surface area contributed by atoms with E-state index in [4.69, 9.17) is 4.74 Å². The predicted octanol–water partition coefficient (Wildman–Crippen LogP) is 2.77. The van der Waals surface area contributed by atoms with Gasteiger partial charge >= 0.3 is 0 Å². The molecule has 4 nitrogen and oxygen atoms in total. The highest BCUT2D eigenvalue weighted by Gasteiger charge is 2.19. The number of hydrogen-bond acceptors (Lipinski definition) is 3. The summed E-state index contributed by atoms with van der Waals surface area (Å²) in [6, 6.07) is 9.41. The number of hydrogen-bond donors (Lipinski definition) is 1. The van der Waals surface area contributed by atoms with Gasteiger partial charge in [0.25, 0.3) is 0 Å². The monoisotopic (exact) mass is 260 g/mol. The SMILES string of the molecule is CCn1nccc1C(O)c1ccccc1OC(C)C. The van der Waals surface area contributed by atoms with Crippen molar-refractivity contribution >= 4 is 0 Å². The first kappa shape index (κ1) is 13.6. The van der Waals surface area contributed by atoms with Gasteiger partial charge in [-0.25, -0.2) is 0 Å². The van der Waals surface area contributed by atoms with Crippen molar-refractivity contribution in [1.82, 2.24) is 9.78 Å². The van der Waals surface area contributed by atoms with E-state index in [-0.39, 0.29) is 6.10 Å². The first-order valence-corrected chi connectivity index (χ1v) is 6.58. The van der Waals surface area contributed by atoms with Gasteiger partial charge in [0.2, 0.25) is 0 Å². The van der Waals surface area contributed by atoms with Crippen LogP contribution in [0.25, 0.3) is 0 Å². The predicted molar refractivity (Wildman–Crippen MR) is 74.2 cm³/mol. The fourth-order valence-electron chi connectivity index (χ4n) is 2.07. The normalized spacial score (nSPS) is 12.7. The van der Waals surface area contributed by atoms with Crippen LogP contribution in [0, 0.1) is 0 Å². The molecule has 4 heteroatoms. The van der Waals surface area contributed by atoms with Crippen LogP contribution in [0.5, 0.6) is 5.75 Å². The summed E-state index contributed by atoms with van der Waals surface area (Å²) in [4.78, 5) is 0. The molecule has 0 fully saturated rings. The van der Waals surface area contributed by atoms with E-state index in [0.29, 0.717) is 5.75 Å². The van der Waals surface area contributed by atoms with Gasteiger partial charge in [0, 0.05) is 18.3 Å². The Hall–Kier alpha value is -1.81. The van der Waals surface area contributed by atoms with E-state index in [1.165, 1.54) is 0 Å². The average Bonchev–Trinajstić information content (AvgIpc) is 2.86. The lowest BCUT2D eigenvalue weighted by Crippen LogP contribution is -2.12. The lowest BCUT2D eigenvalue weighted by molar-refractivity contribution is 0.190. The Balaban J connectivity index is 2.36. The van der Waals surface area contributed by atoms with Crippen LogP contribution in [0.2, 0.25) is 0 Å². The lowest BCUT2D eigenvalue weighted by atomic mass is 10.1. The number of ether oxygens (including phenoxy) is 1. The van der Waals surface area contributed by atoms with E-state index in [1.807, 2.05) is 51.1 Å². The number of aryl methyl sites for hydroxylation is 1. The molecule has 1 aromatic heterocycles. The van der Waals surface area contributed by atoms with Gasteiger partial charge in [-0.3, -0.25) is 4.68 Å². The standard InChI is InChI=1S/C15H20N2O2/c1-4-17-13(9-10-16-17)15(18)12-7-5-6-8-14(12)19-11(2)3/h5-11,15,18H,4H2,1-3H3. The molecule has 0 amide bonds. The minimum atomic E-state index is -0.725. The Morgan fingerprint density at radius 1 is 1.26 bits per heavy atom. The van der Waals surface area contributed by atoms with Crippen molar-refractivity contribution in [3.05, 3.63) is 47.8 Å². The molecule has 1 atom stereocenters. The average molecular weight is 260 g/mol. The van der Waals surface area contributed by atoms with E-state index >= 15 is 0 Å². The molecular formula is C15H20N2O2. The van der Waals surface area contributed by atoms with Gasteiger partial charge < -0.3 is 9.84 Å². The molecule has 2 rings (SSSR count). The largest absolute Gasteiger partial charge is 0.491 e. The minimum absolute atomic E-state index is 0.0736. The van der Waals surface area contributed by atoms with Crippen LogP contribution in [0.1, 0.15) is 38.1 Å². The van der Waals surface area contributed by atoms with Crippen molar-refractivity contribution in [2.24, 2.45) is 0 Å². The van der Waals surface area contributed by atoms with E-state index in [9.17, 15) is 5.11 Å². The molecule has 19 heavy (non-hydrogen) atoms. The van der Waals surface area contributed by atoms with Crippen molar-refractivity contribution in [3.8, 4) is 5.75 Å². The number of para-hydroxylation sites is 1. The molecular weight excluding hydrogens is 240 g/mol. The second-order valence-electron chi connectivity index (χ2n) is 4.68. The molecule has 1 heterocycles. The van der Waals surface area contributed by atoms with E-state index in [2.05, 4.69) is 5.10 Å². The Morgan fingerprint density at radius 3 is 2.68 bits per heavy atom. The Labute approximate surface area is 113 Å². The summed E-state index contributed by atoms with van der Waals surface area (Å²) in [6.45, 7) is 6.67. The third-order valence-corrected chi connectivity index (χ3v) is 2.91. The van der Waals surface area contributed by atoms with Crippen LogP contribution in [0.15, 0.2) is 36.5 Å². The highest BCUT2D eigenvalue weighted by atomic mass is 16.5. The van der Waals surface area contributed by atoms with Gasteiger partial charge in [0.1, 0.15) is 11.9 Å². The molecule has 2 aromatic rings. The summed E-state index contributed by atoms with van der Waals surface area (Å²) >= 11 is 0. The fraction of sp³-hybridized carbons (Fsp3) is 0.400. The summed E-state index contributed by atoms with van der Waals surface area (Å²) in [7, 11) is 0. The molecule has 0 bridgehead atoms. The molecule has 0 spiro atoms. The molecule has 102 valence electrons. The molecule has 0 aliphatic rings. The zero-order valence-corrected chi connectivity index (χ0v) is 11.6. The number of nitrogens with zero attached hydrogens (tertiary/aromatic N) is 2. The number of aliphatic hydroxyl groups is 1. The number of aromatic nitrogens is 2. The van der Waals surface area contributed by atoms with Gasteiger partial charge in [-0.1, -0.05) is 18.2 Å². The van der Waals surface area contributed by atoms with Crippen molar-refractivity contribution in [2.45, 2.75) is 39.5 Å². The Morgan fingerprint density at radius 2 is 2.00 bits per heavy atom. The summed E-state index contributed by atoms with van der Waals surface area (Å²) in [5, 5.41) is 14.7. The first-order chi connectivity index (χ1) is 9.13. The van der Waals surface area contributed by atoms with Gasteiger partial charge in [0.15, 0.2) is 0 Å². The maximum Gasteiger partial charge on any atom is 0.125 e. The zero-order chi connectivity index (χ0) is 13.8. The second-order valence-corrected chi connectivity index (χ2v) is 4.68. The molecule has 0 radical (unpaired) electrons. The van der Waals surface area contributed by atoms with Gasteiger partial charge in [-0.15, -0.1) is 0 Å². The summed E-state index contributed by atoms with van der Waals surface area (Å²) in [5.41, 5.74) is 1.55. The van der Waals surface area contributed by atoms with Crippen LogP contribution in [0.4, 0.5) is 0 Å². The van der Waals surface area contributed by atoms with Crippen LogP contribution in [0.3, 0.4) is 0 Å². The van der Waals surface area contributed by atoms with Crippen LogP contribution < -0.4 is 4.74 Å². The van der Waals surface area contributed by atoms with E-state index in [0.717, 1.165) is 17.8 Å². The third kappa shape index (κ3) is 2.96. The van der Waals surface area contributed by atoms with Gasteiger partial charge in [-0.05, 0) is 32.9 Å². The van der Waals surface area contributed by atoms with Crippen LogP contribution in [-0.4, -0.2) is 21.0 Å². The van der Waals surface area contributed by atoms with Crippen molar-refractivity contribution in [1.29, 1.82) is 0 Å². The van der Waals surface area contributed by atoms with E-state index < -0.39 is 6.10 Å². The summed E-state index contributed by atoms with van der Waals surface area (Å²) < 4.78 is 7.54. The Kier molecular flexibility index (Phi) is 4.22. The van der Waals surface area contributed by atoms with Crippen molar-refractivity contribution in [2.75, 3.05) is 0 Å². The maximum atomic E-state index is 10.5. The fourth-order valence-corrected chi connectivity index (χ4v) is 2.07. The Bertz CT molecular complexity index is 534. The molecule has 0 aliphatic carbocycles. The topological polar surface area (TPSA) is 47.3 Å². The van der Waals surface area contributed by atoms with Gasteiger partial charge in [-0.2, -0.15) is 5.10 Å². The molecule has 0 saturated carbocycles. The summed E-state index contributed by atoms with van der Waals surface area (Å²) in [6.07, 6.45) is 1.05. The second kappa shape index (κ2) is 5.89. The van der Waals surface area contributed by atoms with Crippen LogP contribution >= 0.6 is 0 Å². The number of aliphatic hydroxyl groups excluding tert-OH is 1. The highest BCUT2D eigenvalue weighted by Crippen LogP contribution is 2.30. The quantitative estimate of drug-likeness (QED) is 0.899. The van der Waals surface area contributed by atoms with Crippen molar-refractivity contribution < 1.29 is 9.84 Å². The molecule has 1 aromatic carbocycles. The highest BCUT2D eigenvalue weighted by molar-refractivity contribution is 5.38. The zero-order valence-electron chi connectivity index (χ0n) is 11.6. The minimum Gasteiger partial charge on any atom is -0.491 e. The smallest absolute Gasteiger partial charge is 0.125 e. The van der Waals surface area contributed by atoms with E-state index in [1.54, 1.807) is 10.9 Å². The molecule has 1 unspecified atom stereocenters. The summed E-state index contributed by atoms with van der Waals surface area (Å²) in [5.74, 6) is 0.717. The molecule has 0 aliphatic heterocycles. The first-order valence-electron chi connectivity index (χ1n) is 6.58. The number of benzene rings is 1. The number of rotatable bonds is 5. The van der Waals surface area contributed by atoms with Gasteiger partial charge in [0.05, 0.1) is 11.8 Å². The third-order valence-electron chi connectivity index (χ3n) is 2.91.